The highest BCUT2D eigenvalue weighted by atomic mass is 16.3. The third-order valence-electron chi connectivity index (χ3n) is 3.90. The molecule has 104 valence electrons. The fraction of sp³-hybridized carbons (Fsp3) is 0.562. The number of likely N-dealkylation sites (tertiary alicyclic amines) is 1. The van der Waals surface area contributed by atoms with Crippen molar-refractivity contribution in [1.82, 2.24) is 4.90 Å². The van der Waals surface area contributed by atoms with Crippen molar-refractivity contribution in [2.75, 3.05) is 19.6 Å². The fourth-order valence-electron chi connectivity index (χ4n) is 2.47. The van der Waals surface area contributed by atoms with E-state index in [-0.39, 0.29) is 11.9 Å². The van der Waals surface area contributed by atoms with Gasteiger partial charge in [0.15, 0.2) is 5.78 Å². The van der Waals surface area contributed by atoms with E-state index in [0.717, 1.165) is 44.5 Å². The van der Waals surface area contributed by atoms with Gasteiger partial charge in [-0.3, -0.25) is 4.79 Å². The predicted octanol–water partition coefficient (Wildman–Crippen LogP) is 2.28. The van der Waals surface area contributed by atoms with Crippen LogP contribution in [0, 0.1) is 0 Å². The number of aliphatic hydroxyl groups excluding tert-OH is 1. The molecule has 0 amide bonds. The minimum Gasteiger partial charge on any atom is -0.393 e. The number of rotatable bonds is 5. The highest BCUT2D eigenvalue weighted by molar-refractivity contribution is 5.96. The minimum absolute atomic E-state index is 0.145. The Morgan fingerprint density at radius 2 is 1.89 bits per heavy atom. The molecule has 1 heterocycles. The van der Waals surface area contributed by atoms with Crippen molar-refractivity contribution in [3.05, 3.63) is 35.4 Å². The smallest absolute Gasteiger partial charge is 0.164 e. The molecule has 0 aliphatic carbocycles. The molecule has 0 spiro atoms. The van der Waals surface area contributed by atoms with Crippen molar-refractivity contribution in [3.63, 3.8) is 0 Å². The summed E-state index contributed by atoms with van der Waals surface area (Å²) in [6.07, 6.45) is 3.10. The average Bonchev–Trinajstić information content (AvgIpc) is 2.46. The second-order valence-corrected chi connectivity index (χ2v) is 5.30. The number of carbonyl (C=O) groups excluding carboxylic acids is 1. The van der Waals surface area contributed by atoms with Gasteiger partial charge in [0.05, 0.1) is 6.10 Å². The van der Waals surface area contributed by atoms with E-state index in [1.807, 2.05) is 24.3 Å². The normalized spacial score (nSPS) is 17.6. The molecule has 19 heavy (non-hydrogen) atoms. The molecule has 3 heteroatoms. The zero-order chi connectivity index (χ0) is 13.7. The van der Waals surface area contributed by atoms with Crippen molar-refractivity contribution in [2.24, 2.45) is 0 Å². The fourth-order valence-corrected chi connectivity index (χ4v) is 2.47. The van der Waals surface area contributed by atoms with Crippen molar-refractivity contribution in [1.29, 1.82) is 0 Å². The van der Waals surface area contributed by atoms with Crippen LogP contribution in [0.25, 0.3) is 0 Å². The van der Waals surface area contributed by atoms with Crippen LogP contribution >= 0.6 is 0 Å². The molecule has 1 aromatic carbocycles. The molecule has 0 bridgehead atoms. The molecule has 1 N–H and O–H groups in total. The number of aliphatic hydroxyl groups is 1. The Bertz CT molecular complexity index is 405. The third kappa shape index (κ3) is 4.15. The lowest BCUT2D eigenvalue weighted by Crippen LogP contribution is -2.37. The zero-order valence-electron chi connectivity index (χ0n) is 11.6. The van der Waals surface area contributed by atoms with Gasteiger partial charge < -0.3 is 10.0 Å². The van der Waals surface area contributed by atoms with Gasteiger partial charge in [-0.2, -0.15) is 0 Å². The number of benzene rings is 1. The average molecular weight is 261 g/mol. The molecule has 3 nitrogen and oxygen atoms in total. The number of hydrogen-bond acceptors (Lipinski definition) is 3. The van der Waals surface area contributed by atoms with Gasteiger partial charge in [-0.15, -0.1) is 0 Å². The lowest BCUT2D eigenvalue weighted by Gasteiger charge is -2.29. The van der Waals surface area contributed by atoms with Gasteiger partial charge in [-0.25, -0.2) is 0 Å². The molecule has 1 aromatic rings. The molecular weight excluding hydrogens is 238 g/mol. The van der Waals surface area contributed by atoms with Crippen molar-refractivity contribution >= 4 is 5.78 Å². The van der Waals surface area contributed by atoms with Crippen LogP contribution in [0.2, 0.25) is 0 Å². The molecule has 0 atom stereocenters. The first-order valence-electron chi connectivity index (χ1n) is 7.21. The maximum Gasteiger partial charge on any atom is 0.164 e. The van der Waals surface area contributed by atoms with Gasteiger partial charge in [-0.1, -0.05) is 31.2 Å². The number of hydrogen-bond donors (Lipinski definition) is 1. The van der Waals surface area contributed by atoms with Crippen LogP contribution in [0.15, 0.2) is 24.3 Å². The Hall–Kier alpha value is -1.19. The first kappa shape index (κ1) is 14.2. The van der Waals surface area contributed by atoms with E-state index in [0.29, 0.717) is 6.42 Å². The van der Waals surface area contributed by atoms with Gasteiger partial charge in [0.2, 0.25) is 0 Å². The molecule has 0 radical (unpaired) electrons. The molecule has 1 aliphatic rings. The van der Waals surface area contributed by atoms with Gasteiger partial charge >= 0.3 is 0 Å². The first-order valence-corrected chi connectivity index (χ1v) is 7.21. The largest absolute Gasteiger partial charge is 0.393 e. The van der Waals surface area contributed by atoms with Gasteiger partial charge in [0.25, 0.3) is 0 Å². The van der Waals surface area contributed by atoms with E-state index < -0.39 is 0 Å². The summed E-state index contributed by atoms with van der Waals surface area (Å²) in [4.78, 5) is 14.3. The Morgan fingerprint density at radius 3 is 2.47 bits per heavy atom. The summed E-state index contributed by atoms with van der Waals surface area (Å²) < 4.78 is 0. The second-order valence-electron chi connectivity index (χ2n) is 5.30. The third-order valence-corrected chi connectivity index (χ3v) is 3.90. The monoisotopic (exact) mass is 261 g/mol. The summed E-state index contributed by atoms with van der Waals surface area (Å²) in [5.41, 5.74) is 2.08. The topological polar surface area (TPSA) is 40.5 Å². The number of Topliss-reactive ketones (excluding diaryl/α,β-unsaturated/α-hetero) is 1. The zero-order valence-corrected chi connectivity index (χ0v) is 11.6. The Kier molecular flexibility index (Phi) is 5.11. The van der Waals surface area contributed by atoms with E-state index in [1.54, 1.807) is 0 Å². The Balaban J connectivity index is 1.80. The van der Waals surface area contributed by atoms with Crippen molar-refractivity contribution in [2.45, 2.75) is 38.7 Å². The number of carbonyl (C=O) groups is 1. The highest BCUT2D eigenvalue weighted by Crippen LogP contribution is 2.12. The number of nitrogens with zero attached hydrogens (tertiary/aromatic N) is 1. The molecule has 1 aliphatic heterocycles. The van der Waals surface area contributed by atoms with Gasteiger partial charge in [0, 0.05) is 31.6 Å². The van der Waals surface area contributed by atoms with Crippen LogP contribution in [-0.2, 0) is 6.42 Å². The summed E-state index contributed by atoms with van der Waals surface area (Å²) in [7, 11) is 0. The number of piperidine rings is 1. The van der Waals surface area contributed by atoms with Crippen LogP contribution in [0.1, 0.15) is 42.1 Å². The maximum atomic E-state index is 12.1. The molecule has 0 saturated carbocycles. The van der Waals surface area contributed by atoms with Crippen LogP contribution in [-0.4, -0.2) is 41.5 Å². The number of aryl methyl sites for hydroxylation is 1. The lowest BCUT2D eigenvalue weighted by atomic mass is 10.0. The standard InChI is InChI=1S/C16H23NO2/c1-2-13-3-5-14(6-4-13)16(19)9-12-17-10-7-15(18)8-11-17/h3-6,15,18H,2,7-12H2,1H3. The SMILES string of the molecule is CCc1ccc(C(=O)CCN2CCC(O)CC2)cc1. The van der Waals surface area contributed by atoms with Crippen molar-refractivity contribution in [3.8, 4) is 0 Å². The van der Waals surface area contributed by atoms with Crippen LogP contribution in [0.4, 0.5) is 0 Å². The highest BCUT2D eigenvalue weighted by Gasteiger charge is 2.17. The van der Waals surface area contributed by atoms with E-state index in [4.69, 9.17) is 0 Å². The summed E-state index contributed by atoms with van der Waals surface area (Å²) in [5.74, 6) is 0.216. The van der Waals surface area contributed by atoms with Gasteiger partial charge in [0.1, 0.15) is 0 Å². The van der Waals surface area contributed by atoms with E-state index >= 15 is 0 Å². The van der Waals surface area contributed by atoms with Crippen LogP contribution < -0.4 is 0 Å². The Labute approximate surface area is 115 Å². The molecule has 2 rings (SSSR count). The number of ketones is 1. The summed E-state index contributed by atoms with van der Waals surface area (Å²) in [6.45, 7) is 4.73. The van der Waals surface area contributed by atoms with E-state index in [9.17, 15) is 9.90 Å². The molecular formula is C16H23NO2. The summed E-state index contributed by atoms with van der Waals surface area (Å²) in [6, 6.07) is 7.93. The quantitative estimate of drug-likeness (QED) is 0.827. The molecule has 1 saturated heterocycles. The van der Waals surface area contributed by atoms with Gasteiger partial charge in [-0.05, 0) is 24.8 Å². The second kappa shape index (κ2) is 6.83. The minimum atomic E-state index is -0.145. The molecule has 1 fully saturated rings. The van der Waals surface area contributed by atoms with Crippen LogP contribution in [0.5, 0.6) is 0 Å². The molecule has 0 aromatic heterocycles. The van der Waals surface area contributed by atoms with E-state index in [1.165, 1.54) is 5.56 Å². The maximum absolute atomic E-state index is 12.1. The summed E-state index contributed by atoms with van der Waals surface area (Å²) >= 11 is 0. The lowest BCUT2D eigenvalue weighted by molar-refractivity contribution is 0.0778. The summed E-state index contributed by atoms with van der Waals surface area (Å²) in [5, 5.41) is 9.44. The van der Waals surface area contributed by atoms with Crippen LogP contribution in [0.3, 0.4) is 0 Å². The predicted molar refractivity (Wildman–Crippen MR) is 76.4 cm³/mol. The van der Waals surface area contributed by atoms with Crippen molar-refractivity contribution < 1.29 is 9.90 Å². The first-order chi connectivity index (χ1) is 9.19. The Morgan fingerprint density at radius 1 is 1.26 bits per heavy atom. The van der Waals surface area contributed by atoms with E-state index in [2.05, 4.69) is 11.8 Å². The molecule has 0 unspecified atom stereocenters.